The number of nitrogens with zero attached hydrogens (tertiary/aromatic N) is 2. The van der Waals surface area contributed by atoms with Crippen LogP contribution in [0.15, 0.2) is 27.2 Å². The zero-order valence-corrected chi connectivity index (χ0v) is 15.0. The van der Waals surface area contributed by atoms with Gasteiger partial charge in [-0.15, -0.1) is 11.8 Å². The Morgan fingerprint density at radius 1 is 1.33 bits per heavy atom. The molecule has 4 nitrogen and oxygen atoms in total. The van der Waals surface area contributed by atoms with Gasteiger partial charge >= 0.3 is 0 Å². The van der Waals surface area contributed by atoms with Crippen LogP contribution in [0, 0.1) is 0 Å². The molecule has 2 heterocycles. The lowest BCUT2D eigenvalue weighted by molar-refractivity contribution is 0.423. The smallest absolute Gasteiger partial charge is 0.258 e. The molecule has 2 aromatic rings. The van der Waals surface area contributed by atoms with Gasteiger partial charge < -0.3 is 10.3 Å². The van der Waals surface area contributed by atoms with E-state index >= 15 is 0 Å². The summed E-state index contributed by atoms with van der Waals surface area (Å²) < 4.78 is 6.27. The Morgan fingerprint density at radius 3 is 2.86 bits per heavy atom. The molecule has 1 aliphatic heterocycles. The molecule has 0 aliphatic carbocycles. The third kappa shape index (κ3) is 3.24. The molecule has 0 radical (unpaired) electrons. The number of aromatic nitrogens is 2. The first-order chi connectivity index (χ1) is 10.0. The van der Waals surface area contributed by atoms with Crippen LogP contribution in [0.5, 0.6) is 0 Å². The number of hydrogen-bond acceptors (Lipinski definition) is 6. The summed E-state index contributed by atoms with van der Waals surface area (Å²) in [6.07, 6.45) is 0. The van der Waals surface area contributed by atoms with Crippen molar-refractivity contribution in [1.29, 1.82) is 0 Å². The highest BCUT2D eigenvalue weighted by atomic mass is 79.9. The average Bonchev–Trinajstić information content (AvgIpc) is 2.94. The van der Waals surface area contributed by atoms with Crippen LogP contribution in [0.1, 0.15) is 24.9 Å². The summed E-state index contributed by atoms with van der Waals surface area (Å²) in [5.74, 6) is 2.33. The van der Waals surface area contributed by atoms with Crippen molar-refractivity contribution in [2.24, 2.45) is 0 Å². The van der Waals surface area contributed by atoms with Crippen LogP contribution in [0.25, 0.3) is 11.5 Å². The Balaban J connectivity index is 1.81. The van der Waals surface area contributed by atoms with E-state index in [4.69, 9.17) is 10.3 Å². The van der Waals surface area contributed by atoms with Crippen molar-refractivity contribution in [3.63, 3.8) is 0 Å². The van der Waals surface area contributed by atoms with Crippen molar-refractivity contribution in [3.05, 3.63) is 28.5 Å². The third-order valence-electron chi connectivity index (χ3n) is 3.52. The van der Waals surface area contributed by atoms with Crippen molar-refractivity contribution in [2.75, 3.05) is 11.5 Å². The lowest BCUT2D eigenvalue weighted by Gasteiger charge is -2.29. The first kappa shape index (κ1) is 15.2. The summed E-state index contributed by atoms with van der Waals surface area (Å²) in [5.41, 5.74) is 7.41. The first-order valence-electron chi connectivity index (χ1n) is 6.70. The molecule has 7 heteroatoms. The third-order valence-corrected chi connectivity index (χ3v) is 7.63. The van der Waals surface area contributed by atoms with Crippen LogP contribution in [-0.2, 0) is 0 Å². The summed E-state index contributed by atoms with van der Waals surface area (Å²) >= 11 is 7.28. The summed E-state index contributed by atoms with van der Waals surface area (Å²) in [6.45, 7) is 4.52. The summed E-state index contributed by atoms with van der Waals surface area (Å²) in [7, 11) is 0. The second kappa shape index (κ2) is 6.22. The molecule has 2 N–H and O–H groups in total. The van der Waals surface area contributed by atoms with Crippen molar-refractivity contribution < 1.29 is 4.52 Å². The summed E-state index contributed by atoms with van der Waals surface area (Å²) in [4.78, 5) is 4.55. The van der Waals surface area contributed by atoms with Crippen LogP contribution in [0.4, 0.5) is 5.69 Å². The molecule has 21 heavy (non-hydrogen) atoms. The molecule has 1 aromatic carbocycles. The number of nitrogen functional groups attached to an aromatic ring is 1. The zero-order chi connectivity index (χ0) is 15.0. The van der Waals surface area contributed by atoms with Gasteiger partial charge in [-0.2, -0.15) is 16.7 Å². The SMILES string of the molecule is CC1SCC(c2noc(-c3ccc(Br)c(N)c3)n2)SC1C. The topological polar surface area (TPSA) is 64.9 Å². The van der Waals surface area contributed by atoms with Gasteiger partial charge in [0.25, 0.3) is 5.89 Å². The Morgan fingerprint density at radius 2 is 2.14 bits per heavy atom. The van der Waals surface area contributed by atoms with Crippen LogP contribution < -0.4 is 5.73 Å². The number of nitrogens with two attached hydrogens (primary N) is 1. The normalized spacial score (nSPS) is 26.0. The van der Waals surface area contributed by atoms with E-state index in [1.165, 1.54) is 0 Å². The predicted octanol–water partition coefficient (Wildman–Crippen LogP) is 4.38. The fourth-order valence-corrected chi connectivity index (χ4v) is 5.16. The maximum absolute atomic E-state index is 5.90. The second-order valence-electron chi connectivity index (χ2n) is 5.06. The fourth-order valence-electron chi connectivity index (χ4n) is 2.08. The average molecular weight is 386 g/mol. The predicted molar refractivity (Wildman–Crippen MR) is 93.6 cm³/mol. The highest BCUT2D eigenvalue weighted by Crippen LogP contribution is 2.43. The monoisotopic (exact) mass is 385 g/mol. The molecule has 112 valence electrons. The Bertz CT molecular complexity index is 649. The van der Waals surface area contributed by atoms with Crippen LogP contribution in [0.3, 0.4) is 0 Å². The highest BCUT2D eigenvalue weighted by molar-refractivity contribution is 9.10. The molecule has 0 bridgehead atoms. The number of halogens is 1. The van der Waals surface area contributed by atoms with Crippen molar-refractivity contribution in [2.45, 2.75) is 29.6 Å². The first-order valence-corrected chi connectivity index (χ1v) is 9.49. The van der Waals surface area contributed by atoms with Gasteiger partial charge in [0.2, 0.25) is 0 Å². The fraction of sp³-hybridized carbons (Fsp3) is 0.429. The highest BCUT2D eigenvalue weighted by Gasteiger charge is 2.30. The molecule has 3 rings (SSSR count). The quantitative estimate of drug-likeness (QED) is 0.773. The maximum Gasteiger partial charge on any atom is 0.258 e. The number of anilines is 1. The van der Waals surface area contributed by atoms with Gasteiger partial charge in [-0.05, 0) is 34.1 Å². The van der Waals surface area contributed by atoms with Gasteiger partial charge in [0, 0.05) is 32.0 Å². The van der Waals surface area contributed by atoms with Gasteiger partial charge in [-0.3, -0.25) is 0 Å². The Hall–Kier alpha value is -0.660. The van der Waals surface area contributed by atoms with E-state index in [1.807, 2.05) is 41.7 Å². The summed E-state index contributed by atoms with van der Waals surface area (Å²) in [6, 6.07) is 5.66. The molecule has 3 atom stereocenters. The van der Waals surface area contributed by atoms with E-state index in [1.54, 1.807) is 0 Å². The van der Waals surface area contributed by atoms with Crippen molar-refractivity contribution in [3.8, 4) is 11.5 Å². The molecule has 3 unspecified atom stereocenters. The molecule has 0 saturated carbocycles. The van der Waals surface area contributed by atoms with E-state index in [0.29, 0.717) is 27.3 Å². The lowest BCUT2D eigenvalue weighted by Crippen LogP contribution is -2.22. The Labute approximate surface area is 140 Å². The van der Waals surface area contributed by atoms with Gasteiger partial charge in [0.1, 0.15) is 0 Å². The van der Waals surface area contributed by atoms with Gasteiger partial charge in [0.15, 0.2) is 5.82 Å². The van der Waals surface area contributed by atoms with E-state index in [0.717, 1.165) is 21.6 Å². The van der Waals surface area contributed by atoms with Crippen molar-refractivity contribution in [1.82, 2.24) is 10.1 Å². The number of thioether (sulfide) groups is 2. The van der Waals surface area contributed by atoms with Gasteiger partial charge in [-0.25, -0.2) is 0 Å². The minimum atomic E-state index is 0.298. The number of benzene rings is 1. The molecule has 1 aliphatic rings. The summed E-state index contributed by atoms with van der Waals surface area (Å²) in [5, 5.41) is 5.72. The minimum Gasteiger partial charge on any atom is -0.398 e. The molecule has 0 amide bonds. The molecule has 1 aromatic heterocycles. The van der Waals surface area contributed by atoms with E-state index in [2.05, 4.69) is 39.9 Å². The molecular weight excluding hydrogens is 370 g/mol. The second-order valence-corrected chi connectivity index (χ2v) is 8.91. The van der Waals surface area contributed by atoms with E-state index in [-0.39, 0.29) is 0 Å². The van der Waals surface area contributed by atoms with Gasteiger partial charge in [0.05, 0.1) is 5.25 Å². The van der Waals surface area contributed by atoms with Gasteiger partial charge in [-0.1, -0.05) is 19.0 Å². The lowest BCUT2D eigenvalue weighted by atomic mass is 10.2. The van der Waals surface area contributed by atoms with E-state index < -0.39 is 0 Å². The number of hydrogen-bond donors (Lipinski definition) is 1. The van der Waals surface area contributed by atoms with E-state index in [9.17, 15) is 0 Å². The van der Waals surface area contributed by atoms with Crippen LogP contribution >= 0.6 is 39.5 Å². The van der Waals surface area contributed by atoms with Crippen LogP contribution in [-0.4, -0.2) is 26.4 Å². The molecule has 1 fully saturated rings. The van der Waals surface area contributed by atoms with Crippen LogP contribution in [0.2, 0.25) is 0 Å². The largest absolute Gasteiger partial charge is 0.398 e. The minimum absolute atomic E-state index is 0.298. The standard InChI is InChI=1S/C14H16BrN3OS2/c1-7-8(2)21-12(6-20-7)13-17-14(19-18-13)9-3-4-10(15)11(16)5-9/h3-5,7-8,12H,6,16H2,1-2H3. The zero-order valence-electron chi connectivity index (χ0n) is 11.7. The maximum atomic E-state index is 5.90. The number of rotatable bonds is 2. The molecular formula is C14H16BrN3OS2. The molecule has 1 saturated heterocycles. The molecule has 0 spiro atoms. The Kier molecular flexibility index (Phi) is 4.51. The van der Waals surface area contributed by atoms with Crippen molar-refractivity contribution >= 4 is 45.1 Å².